The number of benzene rings is 3. The summed E-state index contributed by atoms with van der Waals surface area (Å²) in [5.74, 6) is 1.63. The van der Waals surface area contributed by atoms with Crippen LogP contribution in [0.2, 0.25) is 0 Å². The van der Waals surface area contributed by atoms with Crippen LogP contribution in [0.1, 0.15) is 0 Å². The van der Waals surface area contributed by atoms with E-state index >= 15 is 0 Å². The molecule has 0 unspecified atom stereocenters. The minimum atomic E-state index is 0.196. The molecule has 1 aliphatic rings. The van der Waals surface area contributed by atoms with Crippen LogP contribution in [-0.4, -0.2) is 26.4 Å². The van der Waals surface area contributed by atoms with Gasteiger partial charge in [-0.25, -0.2) is 4.98 Å². The van der Waals surface area contributed by atoms with Gasteiger partial charge >= 0.3 is 0 Å². The minimum absolute atomic E-state index is 0.196. The molecule has 0 spiro atoms. The molecule has 5 aromatic rings. The zero-order chi connectivity index (χ0) is 18.7. The van der Waals surface area contributed by atoms with Crippen LogP contribution in [-0.2, 0) is 0 Å². The summed E-state index contributed by atoms with van der Waals surface area (Å²) in [5.41, 5.74) is 4.46. The van der Waals surface area contributed by atoms with Crippen molar-refractivity contribution < 1.29 is 14.6 Å². The lowest BCUT2D eigenvalue weighted by molar-refractivity contribution is 0.174. The molecule has 0 atom stereocenters. The second-order valence-electron chi connectivity index (χ2n) is 6.73. The normalized spacial score (nSPS) is 12.9. The summed E-state index contributed by atoms with van der Waals surface area (Å²) in [7, 11) is 0. The Morgan fingerprint density at radius 3 is 2.71 bits per heavy atom. The van der Waals surface area contributed by atoms with Gasteiger partial charge in [0.1, 0.15) is 0 Å². The molecule has 1 aliphatic heterocycles. The van der Waals surface area contributed by atoms with Gasteiger partial charge in [-0.05, 0) is 42.5 Å². The Balaban J connectivity index is 1.68. The van der Waals surface area contributed by atoms with Gasteiger partial charge in [-0.2, -0.15) is 0 Å². The van der Waals surface area contributed by atoms with E-state index in [-0.39, 0.29) is 12.7 Å². The van der Waals surface area contributed by atoms with Crippen molar-refractivity contribution in [1.29, 1.82) is 0 Å². The fourth-order valence-corrected chi connectivity index (χ4v) is 3.87. The van der Waals surface area contributed by atoms with Crippen molar-refractivity contribution in [3.8, 4) is 34.3 Å². The lowest BCUT2D eigenvalue weighted by Crippen LogP contribution is -1.97. The predicted octanol–water partition coefficient (Wildman–Crippen LogP) is 4.61. The summed E-state index contributed by atoms with van der Waals surface area (Å²) in [6.07, 6.45) is 1.67. The third-order valence-corrected chi connectivity index (χ3v) is 5.17. The maximum atomic E-state index is 11.1. The van der Waals surface area contributed by atoms with E-state index in [0.717, 1.165) is 44.5 Å². The molecule has 6 rings (SSSR count). The fourth-order valence-electron chi connectivity index (χ4n) is 3.87. The predicted molar refractivity (Wildman–Crippen MR) is 106 cm³/mol. The number of aromatic nitrogens is 3. The Hall–Kier alpha value is -3.93. The molecule has 0 aliphatic carbocycles. The smallest absolute Gasteiger partial charge is 0.231 e. The summed E-state index contributed by atoms with van der Waals surface area (Å²) in [6.45, 7) is 0.224. The second-order valence-corrected chi connectivity index (χ2v) is 6.73. The molecule has 6 heteroatoms. The molecule has 0 fully saturated rings. The van der Waals surface area contributed by atoms with Gasteiger partial charge in [-0.15, -0.1) is 0 Å². The van der Waals surface area contributed by atoms with Crippen LogP contribution in [0.15, 0.2) is 67.0 Å². The second kappa shape index (κ2) is 5.53. The molecular weight excluding hydrogens is 354 g/mol. The Morgan fingerprint density at radius 2 is 1.79 bits per heavy atom. The zero-order valence-electron chi connectivity index (χ0n) is 14.7. The largest absolute Gasteiger partial charge is 0.494 e. The van der Waals surface area contributed by atoms with Gasteiger partial charge in [0.05, 0.1) is 28.7 Å². The summed E-state index contributed by atoms with van der Waals surface area (Å²) in [4.78, 5) is 7.41. The Kier molecular flexibility index (Phi) is 3.00. The number of fused-ring (bicyclic) bond motifs is 3. The topological polar surface area (TPSA) is 72.3 Å². The van der Waals surface area contributed by atoms with E-state index in [0.29, 0.717) is 5.75 Å². The van der Waals surface area contributed by atoms with Crippen molar-refractivity contribution in [2.24, 2.45) is 0 Å². The van der Waals surface area contributed by atoms with E-state index in [4.69, 9.17) is 9.47 Å². The number of aromatic amines is 1. The van der Waals surface area contributed by atoms with E-state index in [2.05, 4.69) is 9.97 Å². The lowest BCUT2D eigenvalue weighted by atomic mass is 10.1. The molecule has 0 saturated carbocycles. The van der Waals surface area contributed by atoms with Gasteiger partial charge in [0.25, 0.3) is 0 Å². The van der Waals surface area contributed by atoms with Crippen molar-refractivity contribution in [3.05, 3.63) is 67.0 Å². The first-order valence-electron chi connectivity index (χ1n) is 8.95. The molecule has 28 heavy (non-hydrogen) atoms. The van der Waals surface area contributed by atoms with Crippen molar-refractivity contribution in [3.63, 3.8) is 0 Å². The number of ether oxygens (including phenoxy) is 2. The Morgan fingerprint density at radius 1 is 0.929 bits per heavy atom. The van der Waals surface area contributed by atoms with Crippen LogP contribution in [0.25, 0.3) is 38.8 Å². The maximum absolute atomic E-state index is 11.1. The fraction of sp³-hybridized carbons (Fsp3) is 0.0455. The molecule has 136 valence electrons. The van der Waals surface area contributed by atoms with Gasteiger partial charge in [0, 0.05) is 16.3 Å². The van der Waals surface area contributed by atoms with Gasteiger partial charge < -0.3 is 19.6 Å². The van der Waals surface area contributed by atoms with Crippen molar-refractivity contribution in [1.82, 2.24) is 14.5 Å². The van der Waals surface area contributed by atoms with Crippen LogP contribution in [0.3, 0.4) is 0 Å². The van der Waals surface area contributed by atoms with E-state index < -0.39 is 0 Å². The third-order valence-electron chi connectivity index (χ3n) is 5.17. The minimum Gasteiger partial charge on any atom is -0.494 e. The summed E-state index contributed by atoms with van der Waals surface area (Å²) >= 11 is 0. The zero-order valence-corrected chi connectivity index (χ0v) is 14.7. The molecule has 3 aromatic carbocycles. The first-order valence-corrected chi connectivity index (χ1v) is 8.95. The number of aromatic hydroxyl groups is 1. The number of imidazole rings is 1. The highest BCUT2D eigenvalue weighted by Gasteiger charge is 2.22. The van der Waals surface area contributed by atoms with Crippen molar-refractivity contribution >= 4 is 21.8 Å². The Bertz CT molecular complexity index is 1370. The highest BCUT2D eigenvalue weighted by atomic mass is 16.7. The third kappa shape index (κ3) is 2.05. The van der Waals surface area contributed by atoms with Crippen molar-refractivity contribution in [2.45, 2.75) is 0 Å². The van der Waals surface area contributed by atoms with Gasteiger partial charge in [0.15, 0.2) is 11.5 Å². The number of H-pyrrole nitrogens is 1. The van der Waals surface area contributed by atoms with Crippen LogP contribution in [0.4, 0.5) is 0 Å². The maximum Gasteiger partial charge on any atom is 0.231 e. The molecule has 6 nitrogen and oxygen atoms in total. The standard InChI is InChI=1S/C22H15N3O3/c26-22-16-4-2-1-3-15(16)21(13-5-8-19-20(9-13)28-12-27-19)25(22)14-6-7-17-18(10-14)24-11-23-17/h1-11,26H,12H2,(H,23,24). The van der Waals surface area contributed by atoms with Crippen LogP contribution in [0.5, 0.6) is 17.4 Å². The van der Waals surface area contributed by atoms with Crippen LogP contribution in [0, 0.1) is 0 Å². The molecule has 0 radical (unpaired) electrons. The molecule has 2 N–H and O–H groups in total. The highest BCUT2D eigenvalue weighted by Crippen LogP contribution is 2.43. The van der Waals surface area contributed by atoms with Crippen LogP contribution >= 0.6 is 0 Å². The van der Waals surface area contributed by atoms with E-state index in [1.54, 1.807) is 6.33 Å². The van der Waals surface area contributed by atoms with E-state index in [1.165, 1.54) is 0 Å². The van der Waals surface area contributed by atoms with E-state index in [9.17, 15) is 5.11 Å². The quantitative estimate of drug-likeness (QED) is 0.477. The number of nitrogens with one attached hydrogen (secondary N) is 1. The summed E-state index contributed by atoms with van der Waals surface area (Å²) in [6, 6.07) is 19.6. The lowest BCUT2D eigenvalue weighted by Gasteiger charge is -2.12. The number of rotatable bonds is 2. The first-order chi connectivity index (χ1) is 13.8. The number of hydrogen-bond donors (Lipinski definition) is 2. The average molecular weight is 369 g/mol. The van der Waals surface area contributed by atoms with E-state index in [1.807, 2.05) is 65.2 Å². The molecule has 3 heterocycles. The highest BCUT2D eigenvalue weighted by molar-refractivity contribution is 6.01. The number of nitrogens with zero attached hydrogens (tertiary/aromatic N) is 2. The molecule has 0 saturated heterocycles. The molecule has 2 aromatic heterocycles. The van der Waals surface area contributed by atoms with Gasteiger partial charge in [-0.3, -0.25) is 4.57 Å². The van der Waals surface area contributed by atoms with Crippen LogP contribution < -0.4 is 9.47 Å². The molecular formula is C22H15N3O3. The summed E-state index contributed by atoms with van der Waals surface area (Å²) in [5, 5.41) is 12.8. The Labute approximate surface area is 159 Å². The van der Waals surface area contributed by atoms with Gasteiger partial charge in [-0.1, -0.05) is 18.2 Å². The first kappa shape index (κ1) is 15.2. The number of hydrogen-bond acceptors (Lipinski definition) is 4. The SMILES string of the molecule is Oc1c2ccccc2c(-c2ccc3c(c2)OCO3)n1-c1ccc2nc[nH]c2c1. The summed E-state index contributed by atoms with van der Waals surface area (Å²) < 4.78 is 12.9. The van der Waals surface area contributed by atoms with Gasteiger partial charge in [0.2, 0.25) is 12.7 Å². The average Bonchev–Trinajstić information content (AvgIpc) is 3.44. The molecule has 0 bridgehead atoms. The molecule has 0 amide bonds. The monoisotopic (exact) mass is 369 g/mol. The van der Waals surface area contributed by atoms with Crippen molar-refractivity contribution in [2.75, 3.05) is 6.79 Å².